The summed E-state index contributed by atoms with van der Waals surface area (Å²) in [5.41, 5.74) is 4.64. The van der Waals surface area contributed by atoms with Gasteiger partial charge in [-0.3, -0.25) is 0 Å². The van der Waals surface area contributed by atoms with Gasteiger partial charge in [0.1, 0.15) is 23.5 Å². The number of hydrogen-bond acceptors (Lipinski definition) is 8. The number of nitrogens with zero attached hydrogens (tertiary/aromatic N) is 5. The van der Waals surface area contributed by atoms with Crippen molar-refractivity contribution in [2.45, 2.75) is 58.1 Å². The molecule has 0 aliphatic heterocycles. The van der Waals surface area contributed by atoms with Crippen LogP contribution in [0.4, 0.5) is 4.39 Å². The van der Waals surface area contributed by atoms with Crippen LogP contribution in [0.5, 0.6) is 5.88 Å². The molecule has 9 nitrogen and oxygen atoms in total. The standard InChI is InChI=1S/C35H31ClFN5O4/c1-44-34(43)28-12-11-27-33(41-28)42(20-35(13-14-35)15-16-38)30(39-27)17-21-5-7-22(8-6-21)26-3-2-4-31(40-26)45-19-23-9-10-25(36)24-18-29(37)46-32(23)24/h2-4,7,9-12,18,21H,5-6,8,13-15,17,19-20H2,1H3. The molecule has 5 aromatic rings. The number of halogens is 2. The van der Waals surface area contributed by atoms with E-state index in [-0.39, 0.29) is 17.7 Å². The van der Waals surface area contributed by atoms with Gasteiger partial charge in [0.25, 0.3) is 6.01 Å². The molecule has 0 amide bonds. The number of nitriles is 1. The van der Waals surface area contributed by atoms with Crippen LogP contribution < -0.4 is 4.74 Å². The maximum Gasteiger partial charge on any atom is 0.356 e. The van der Waals surface area contributed by atoms with Crippen LogP contribution in [0.1, 0.15) is 66.1 Å². The third-order valence-corrected chi connectivity index (χ3v) is 9.40. The van der Waals surface area contributed by atoms with Gasteiger partial charge in [0.15, 0.2) is 11.3 Å². The number of esters is 1. The minimum atomic E-state index is -0.695. The fourth-order valence-electron chi connectivity index (χ4n) is 6.28. The number of benzene rings is 1. The molecule has 234 valence electrons. The fraction of sp³-hybridized carbons (Fsp3) is 0.343. The molecular formula is C35H31ClFN5O4. The summed E-state index contributed by atoms with van der Waals surface area (Å²) in [5, 5.41) is 10.4. The van der Waals surface area contributed by atoms with E-state index in [1.807, 2.05) is 18.2 Å². The van der Waals surface area contributed by atoms with Crippen LogP contribution in [0.15, 0.2) is 59.0 Å². The second-order valence-electron chi connectivity index (χ2n) is 12.2. The zero-order valence-corrected chi connectivity index (χ0v) is 26.0. The summed E-state index contributed by atoms with van der Waals surface area (Å²) < 4.78 is 32.0. The molecule has 0 spiro atoms. The van der Waals surface area contributed by atoms with Crippen molar-refractivity contribution >= 4 is 45.3 Å². The lowest BCUT2D eigenvalue weighted by Gasteiger charge is -2.23. The van der Waals surface area contributed by atoms with Crippen molar-refractivity contribution in [1.82, 2.24) is 19.5 Å². The summed E-state index contributed by atoms with van der Waals surface area (Å²) in [6.45, 7) is 0.815. The largest absolute Gasteiger partial charge is 0.473 e. The number of allylic oxidation sites excluding steroid dienone is 2. The van der Waals surface area contributed by atoms with Crippen molar-refractivity contribution in [3.63, 3.8) is 0 Å². The summed E-state index contributed by atoms with van der Waals surface area (Å²) in [4.78, 5) is 26.5. The molecule has 1 aromatic carbocycles. The Labute approximate surface area is 269 Å². The lowest BCUT2D eigenvalue weighted by Crippen LogP contribution is -2.18. The first kappa shape index (κ1) is 29.9. The number of rotatable bonds is 10. The van der Waals surface area contributed by atoms with Crippen molar-refractivity contribution in [3.05, 3.63) is 88.4 Å². The Kier molecular flexibility index (Phi) is 7.95. The van der Waals surface area contributed by atoms with Gasteiger partial charge >= 0.3 is 5.97 Å². The molecule has 4 aromatic heterocycles. The zero-order chi connectivity index (χ0) is 31.8. The summed E-state index contributed by atoms with van der Waals surface area (Å²) in [7, 11) is 1.34. The Balaban J connectivity index is 1.07. The number of carbonyl (C=O) groups excluding carboxylic acids is 1. The highest BCUT2D eigenvalue weighted by atomic mass is 35.5. The van der Waals surface area contributed by atoms with Gasteiger partial charge in [0, 0.05) is 47.9 Å². The number of aromatic nitrogens is 4. The molecule has 1 fully saturated rings. The molecule has 0 bridgehead atoms. The predicted octanol–water partition coefficient (Wildman–Crippen LogP) is 7.85. The molecule has 0 saturated heterocycles. The third kappa shape index (κ3) is 5.95. The van der Waals surface area contributed by atoms with Crippen molar-refractivity contribution in [2.24, 2.45) is 11.3 Å². The SMILES string of the molecule is COC(=O)c1ccc2nc(CC3CC=C(c4cccc(OCc5ccc(Cl)c6cc(F)oc56)n4)CC3)n(CC3(CC#N)CC3)c2n1. The molecule has 1 unspecified atom stereocenters. The van der Waals surface area contributed by atoms with Gasteiger partial charge in [-0.05, 0) is 67.9 Å². The van der Waals surface area contributed by atoms with E-state index in [1.165, 1.54) is 13.2 Å². The highest BCUT2D eigenvalue weighted by molar-refractivity contribution is 6.35. The Morgan fingerprint density at radius 3 is 2.83 bits per heavy atom. The maximum atomic E-state index is 13.8. The van der Waals surface area contributed by atoms with Crippen molar-refractivity contribution < 1.29 is 23.1 Å². The Morgan fingerprint density at radius 1 is 1.20 bits per heavy atom. The summed E-state index contributed by atoms with van der Waals surface area (Å²) >= 11 is 6.19. The molecule has 2 aliphatic rings. The lowest BCUT2D eigenvalue weighted by atomic mass is 9.86. The molecule has 1 atom stereocenters. The van der Waals surface area contributed by atoms with E-state index in [0.717, 1.165) is 61.1 Å². The molecule has 0 radical (unpaired) electrons. The number of hydrogen-bond donors (Lipinski definition) is 0. The highest BCUT2D eigenvalue weighted by Crippen LogP contribution is 2.50. The van der Waals surface area contributed by atoms with Gasteiger partial charge in [-0.15, -0.1) is 0 Å². The van der Waals surface area contributed by atoms with E-state index in [0.29, 0.717) is 52.0 Å². The van der Waals surface area contributed by atoms with Crippen LogP contribution in [0, 0.1) is 28.7 Å². The minimum absolute atomic E-state index is 0.0633. The molecule has 4 heterocycles. The van der Waals surface area contributed by atoms with Crippen LogP contribution in [0.2, 0.25) is 5.02 Å². The van der Waals surface area contributed by atoms with E-state index < -0.39 is 12.0 Å². The maximum absolute atomic E-state index is 13.8. The number of fused-ring (bicyclic) bond motifs is 2. The van der Waals surface area contributed by atoms with E-state index in [9.17, 15) is 14.4 Å². The van der Waals surface area contributed by atoms with Gasteiger partial charge < -0.3 is 18.5 Å². The molecule has 46 heavy (non-hydrogen) atoms. The van der Waals surface area contributed by atoms with Gasteiger partial charge in [-0.1, -0.05) is 29.8 Å². The molecule has 2 aliphatic carbocycles. The number of ether oxygens (including phenoxy) is 2. The van der Waals surface area contributed by atoms with E-state index in [4.69, 9.17) is 35.5 Å². The molecule has 0 N–H and O–H groups in total. The average Bonchev–Trinajstić information content (AvgIpc) is 3.58. The van der Waals surface area contributed by atoms with Gasteiger partial charge in [0.2, 0.25) is 5.88 Å². The van der Waals surface area contributed by atoms with Gasteiger partial charge in [-0.25, -0.2) is 19.7 Å². The summed E-state index contributed by atoms with van der Waals surface area (Å²) in [5.74, 6) is 1.27. The molecule has 1 saturated carbocycles. The highest BCUT2D eigenvalue weighted by Gasteiger charge is 2.43. The number of methoxy groups -OCH3 is 1. The van der Waals surface area contributed by atoms with Gasteiger partial charge in [-0.2, -0.15) is 9.65 Å². The third-order valence-electron chi connectivity index (χ3n) is 9.07. The normalized spacial score (nSPS) is 17.1. The lowest BCUT2D eigenvalue weighted by molar-refractivity contribution is 0.0594. The first-order chi connectivity index (χ1) is 22.3. The topological polar surface area (TPSA) is 116 Å². The second-order valence-corrected chi connectivity index (χ2v) is 12.6. The Morgan fingerprint density at radius 2 is 2.07 bits per heavy atom. The van der Waals surface area contributed by atoms with Crippen molar-refractivity contribution in [2.75, 3.05) is 7.11 Å². The first-order valence-corrected chi connectivity index (χ1v) is 15.7. The molecule has 11 heteroatoms. The smallest absolute Gasteiger partial charge is 0.356 e. The number of pyridine rings is 2. The number of furan rings is 1. The van der Waals surface area contributed by atoms with E-state index in [1.54, 1.807) is 24.3 Å². The fourth-order valence-corrected chi connectivity index (χ4v) is 6.48. The van der Waals surface area contributed by atoms with Crippen LogP contribution in [0.25, 0.3) is 27.7 Å². The van der Waals surface area contributed by atoms with Crippen LogP contribution in [0.3, 0.4) is 0 Å². The predicted molar refractivity (Wildman–Crippen MR) is 170 cm³/mol. The quantitative estimate of drug-likeness (QED) is 0.142. The monoisotopic (exact) mass is 639 g/mol. The first-order valence-electron chi connectivity index (χ1n) is 15.3. The Bertz CT molecular complexity index is 2040. The summed E-state index contributed by atoms with van der Waals surface area (Å²) in [6.07, 6.45) is 8.15. The number of carbonyl (C=O) groups is 1. The van der Waals surface area contributed by atoms with E-state index in [2.05, 4.69) is 21.7 Å². The second kappa shape index (κ2) is 12.2. The van der Waals surface area contributed by atoms with Crippen LogP contribution >= 0.6 is 11.6 Å². The molecule has 7 rings (SSSR count). The average molecular weight is 640 g/mol. The van der Waals surface area contributed by atoms with Crippen molar-refractivity contribution in [3.8, 4) is 11.9 Å². The van der Waals surface area contributed by atoms with Gasteiger partial charge in [0.05, 0.1) is 23.9 Å². The zero-order valence-electron chi connectivity index (χ0n) is 25.3. The summed E-state index contributed by atoms with van der Waals surface area (Å²) in [6, 6.07) is 15.6. The van der Waals surface area contributed by atoms with Crippen LogP contribution in [-0.2, 0) is 24.3 Å². The van der Waals surface area contributed by atoms with Crippen molar-refractivity contribution in [1.29, 1.82) is 5.26 Å². The van der Waals surface area contributed by atoms with Crippen LogP contribution in [-0.4, -0.2) is 32.6 Å². The Hall–Kier alpha value is -4.75. The minimum Gasteiger partial charge on any atom is -0.473 e. The van der Waals surface area contributed by atoms with E-state index >= 15 is 0 Å². The number of imidazole rings is 1. The molecular weight excluding hydrogens is 609 g/mol.